The topological polar surface area (TPSA) is 87.7 Å². The Labute approximate surface area is 237 Å². The van der Waals surface area contributed by atoms with E-state index in [0.717, 1.165) is 50.1 Å². The molecule has 0 bridgehead atoms. The lowest BCUT2D eigenvalue weighted by atomic mass is 10.0. The van der Waals surface area contributed by atoms with Gasteiger partial charge in [0.05, 0.1) is 0 Å². The van der Waals surface area contributed by atoms with Crippen LogP contribution in [0.3, 0.4) is 0 Å². The molecule has 3 atom stereocenters. The van der Waals surface area contributed by atoms with E-state index in [2.05, 4.69) is 20.9 Å². The largest absolute Gasteiger partial charge is 0.488 e. The van der Waals surface area contributed by atoms with Crippen molar-refractivity contribution in [1.29, 1.82) is 0 Å². The predicted octanol–water partition coefficient (Wildman–Crippen LogP) is 5.28. The van der Waals surface area contributed by atoms with Crippen LogP contribution in [0.25, 0.3) is 22.3 Å². The number of anilines is 1. The maximum atomic E-state index is 13.7. The molecule has 1 aromatic heterocycles. The number of hydrogen-bond donors (Lipinski definition) is 4. The van der Waals surface area contributed by atoms with Crippen molar-refractivity contribution in [3.8, 4) is 33.8 Å². The molecule has 0 aliphatic carbocycles. The minimum Gasteiger partial charge on any atom is -0.488 e. The lowest BCUT2D eigenvalue weighted by molar-refractivity contribution is 0.207. The zero-order chi connectivity index (χ0) is 28.2. The number of benzene rings is 3. The lowest BCUT2D eigenvalue weighted by Crippen LogP contribution is -2.20. The lowest BCUT2D eigenvalue weighted by Gasteiger charge is -2.21. The minimum absolute atomic E-state index is 0.0293. The molecule has 9 heteroatoms. The van der Waals surface area contributed by atoms with Gasteiger partial charge in [0, 0.05) is 47.2 Å². The average molecular weight is 559 g/mol. The van der Waals surface area contributed by atoms with E-state index in [1.807, 2.05) is 30.3 Å². The maximum Gasteiger partial charge on any atom is 0.212 e. The summed E-state index contributed by atoms with van der Waals surface area (Å²) in [5.74, 6) is 0.455. The molecule has 4 aromatic rings. The van der Waals surface area contributed by atoms with Crippen molar-refractivity contribution in [2.45, 2.75) is 31.3 Å². The minimum atomic E-state index is -1.06. The van der Waals surface area contributed by atoms with Crippen LogP contribution in [0.15, 0.2) is 79.0 Å². The summed E-state index contributed by atoms with van der Waals surface area (Å²) in [6, 6.07) is 20.3. The van der Waals surface area contributed by atoms with Crippen molar-refractivity contribution in [2.75, 3.05) is 31.5 Å². The number of rotatable bonds is 9. The molecule has 3 aromatic carbocycles. The van der Waals surface area contributed by atoms with Gasteiger partial charge in [-0.25, -0.2) is 9.37 Å². The Hall–Kier alpha value is -4.05. The van der Waals surface area contributed by atoms with Gasteiger partial charge >= 0.3 is 0 Å². The number of hydrogen-bond acceptors (Lipinski definition) is 7. The van der Waals surface area contributed by atoms with Crippen LogP contribution < -0.4 is 25.4 Å². The molecular weight excluding hydrogens is 526 g/mol. The van der Waals surface area contributed by atoms with E-state index < -0.39 is 12.2 Å². The molecule has 3 heterocycles. The molecule has 0 spiro atoms. The summed E-state index contributed by atoms with van der Waals surface area (Å²) in [5.41, 5.74) is 4.25. The molecule has 0 saturated carbocycles. The smallest absolute Gasteiger partial charge is 0.212 e. The molecule has 41 heavy (non-hydrogen) atoms. The molecule has 1 unspecified atom stereocenters. The third-order valence-electron chi connectivity index (χ3n) is 7.41. The molecule has 2 fully saturated rings. The van der Waals surface area contributed by atoms with E-state index in [4.69, 9.17) is 9.47 Å². The standard InChI is InChI=1S/C32H32F2N4O3/c33-23-5-1-20(2-6-23)28-16-24(7-9-30(28)41-26-12-14-36-19-26)38-32(39)21-3-8-29(40-25-11-13-35-18-25)27(15-21)22-4-10-31(34)37-17-22/h1-10,15-17,25-26,32,35-36,38-39H,11-14,18-19H2/t25-,26-,32?/m0/s1. The van der Waals surface area contributed by atoms with Crippen LogP contribution in [-0.2, 0) is 0 Å². The van der Waals surface area contributed by atoms with Crippen molar-refractivity contribution in [2.24, 2.45) is 0 Å². The van der Waals surface area contributed by atoms with E-state index >= 15 is 0 Å². The summed E-state index contributed by atoms with van der Waals surface area (Å²) >= 11 is 0. The fraction of sp³-hybridized carbons (Fsp3) is 0.281. The first-order valence-electron chi connectivity index (χ1n) is 13.9. The zero-order valence-electron chi connectivity index (χ0n) is 22.4. The van der Waals surface area contributed by atoms with E-state index in [1.54, 1.807) is 24.3 Å². The van der Waals surface area contributed by atoms with Gasteiger partial charge in [0.2, 0.25) is 5.95 Å². The Morgan fingerprint density at radius 2 is 1.41 bits per heavy atom. The van der Waals surface area contributed by atoms with E-state index in [0.29, 0.717) is 33.9 Å². The summed E-state index contributed by atoms with van der Waals surface area (Å²) in [6.07, 6.45) is 2.28. The quantitative estimate of drug-likeness (QED) is 0.164. The Morgan fingerprint density at radius 1 is 0.780 bits per heavy atom. The van der Waals surface area contributed by atoms with E-state index in [9.17, 15) is 13.9 Å². The number of ether oxygens (including phenoxy) is 2. The number of pyridine rings is 1. The van der Waals surface area contributed by atoms with Crippen molar-refractivity contribution in [3.05, 3.63) is 96.3 Å². The second-order valence-electron chi connectivity index (χ2n) is 10.4. The molecule has 6 rings (SSSR count). The van der Waals surface area contributed by atoms with Crippen molar-refractivity contribution in [1.82, 2.24) is 15.6 Å². The van der Waals surface area contributed by atoms with Crippen molar-refractivity contribution >= 4 is 5.69 Å². The predicted molar refractivity (Wildman–Crippen MR) is 154 cm³/mol. The van der Waals surface area contributed by atoms with Gasteiger partial charge in [0.25, 0.3) is 0 Å². The monoisotopic (exact) mass is 558 g/mol. The highest BCUT2D eigenvalue weighted by Crippen LogP contribution is 2.37. The van der Waals surface area contributed by atoms with Crippen LogP contribution in [0.5, 0.6) is 11.5 Å². The zero-order valence-corrected chi connectivity index (χ0v) is 22.4. The van der Waals surface area contributed by atoms with Crippen LogP contribution in [0.4, 0.5) is 14.5 Å². The molecule has 2 aliphatic rings. The highest BCUT2D eigenvalue weighted by molar-refractivity contribution is 5.75. The average Bonchev–Trinajstić information content (AvgIpc) is 3.70. The Morgan fingerprint density at radius 3 is 2.02 bits per heavy atom. The highest BCUT2D eigenvalue weighted by Gasteiger charge is 2.21. The number of aromatic nitrogens is 1. The van der Waals surface area contributed by atoms with Crippen LogP contribution in [0.1, 0.15) is 24.6 Å². The SMILES string of the molecule is OC(Nc1ccc(O[C@H]2CCNC2)c(-c2ccc(F)cc2)c1)c1ccc(O[C@H]2CCNC2)c(-c2ccc(F)nc2)c1. The number of nitrogens with one attached hydrogen (secondary N) is 3. The summed E-state index contributed by atoms with van der Waals surface area (Å²) in [7, 11) is 0. The number of aliphatic hydroxyl groups is 1. The van der Waals surface area contributed by atoms with Crippen LogP contribution in [0, 0.1) is 11.8 Å². The first-order valence-corrected chi connectivity index (χ1v) is 13.9. The first kappa shape index (κ1) is 27.1. The van der Waals surface area contributed by atoms with Gasteiger partial charge < -0.3 is 30.5 Å². The third-order valence-corrected chi connectivity index (χ3v) is 7.41. The van der Waals surface area contributed by atoms with Crippen LogP contribution >= 0.6 is 0 Å². The van der Waals surface area contributed by atoms with Crippen molar-refractivity contribution in [3.63, 3.8) is 0 Å². The van der Waals surface area contributed by atoms with Gasteiger partial charge in [-0.1, -0.05) is 18.2 Å². The summed E-state index contributed by atoms with van der Waals surface area (Å²) in [6.45, 7) is 3.31. The molecule has 2 saturated heterocycles. The van der Waals surface area contributed by atoms with E-state index in [1.165, 1.54) is 24.4 Å². The number of aliphatic hydroxyl groups excluding tert-OH is 1. The third kappa shape index (κ3) is 6.48. The molecule has 212 valence electrons. The number of halogens is 2. The van der Waals surface area contributed by atoms with E-state index in [-0.39, 0.29) is 18.0 Å². The Bertz CT molecular complexity index is 1470. The second kappa shape index (κ2) is 12.2. The number of nitrogens with zero attached hydrogens (tertiary/aromatic N) is 1. The summed E-state index contributed by atoms with van der Waals surface area (Å²) < 4.78 is 39.8. The van der Waals surface area contributed by atoms with Crippen molar-refractivity contribution < 1.29 is 23.4 Å². The second-order valence-corrected chi connectivity index (χ2v) is 10.4. The van der Waals surface area contributed by atoms with Gasteiger partial charge in [-0.15, -0.1) is 0 Å². The molecule has 2 aliphatic heterocycles. The molecule has 4 N–H and O–H groups in total. The van der Waals surface area contributed by atoms with Gasteiger partial charge in [-0.2, -0.15) is 4.39 Å². The van der Waals surface area contributed by atoms with Gasteiger partial charge in [0.15, 0.2) is 6.23 Å². The van der Waals surface area contributed by atoms with Crippen LogP contribution in [-0.4, -0.2) is 48.5 Å². The first-order chi connectivity index (χ1) is 20.0. The molecule has 7 nitrogen and oxygen atoms in total. The Kier molecular flexibility index (Phi) is 8.09. The van der Waals surface area contributed by atoms with Gasteiger partial charge in [-0.05, 0) is 86.1 Å². The molecule has 0 amide bonds. The maximum absolute atomic E-state index is 13.7. The van der Waals surface area contributed by atoms with Crippen LogP contribution in [0.2, 0.25) is 0 Å². The molecule has 0 radical (unpaired) electrons. The summed E-state index contributed by atoms with van der Waals surface area (Å²) in [5, 5.41) is 21.0. The van der Waals surface area contributed by atoms with Gasteiger partial charge in [-0.3, -0.25) is 0 Å². The Balaban J connectivity index is 1.28. The summed E-state index contributed by atoms with van der Waals surface area (Å²) in [4.78, 5) is 3.81. The highest BCUT2D eigenvalue weighted by atomic mass is 19.1. The van der Waals surface area contributed by atoms with Gasteiger partial charge in [0.1, 0.15) is 29.5 Å². The fourth-order valence-corrected chi connectivity index (χ4v) is 5.22. The molecular formula is C32H32F2N4O3. The fourth-order valence-electron chi connectivity index (χ4n) is 5.22. The normalized spacial score (nSPS) is 19.2.